The quantitative estimate of drug-likeness (QED) is 0.587. The summed E-state index contributed by atoms with van der Waals surface area (Å²) < 4.78 is 0. The zero-order valence-corrected chi connectivity index (χ0v) is 12.1. The lowest BCUT2D eigenvalue weighted by Crippen LogP contribution is -2.01. The van der Waals surface area contributed by atoms with Gasteiger partial charge in [0.2, 0.25) is 0 Å². The standard InChI is InChI=1S/C20H16N2/c1-4-10-17(11-5-1)20(22-19-14-8-3-9-15-19)16-21-18-12-6-2-7-13-18/h1-16H. The van der Waals surface area contributed by atoms with Gasteiger partial charge < -0.3 is 0 Å². The largest absolute Gasteiger partial charge is 0.255 e. The van der Waals surface area contributed by atoms with E-state index < -0.39 is 0 Å². The fourth-order valence-electron chi connectivity index (χ4n) is 2.07. The Labute approximate surface area is 130 Å². The van der Waals surface area contributed by atoms with E-state index in [1.165, 1.54) is 0 Å². The number of hydrogen-bond donors (Lipinski definition) is 0. The lowest BCUT2D eigenvalue weighted by molar-refractivity contribution is 1.50. The third-order valence-electron chi connectivity index (χ3n) is 3.17. The summed E-state index contributed by atoms with van der Waals surface area (Å²) >= 11 is 0. The maximum Gasteiger partial charge on any atom is 0.0892 e. The Morgan fingerprint density at radius 1 is 0.591 bits per heavy atom. The molecule has 0 aliphatic heterocycles. The minimum Gasteiger partial charge on any atom is -0.255 e. The minimum absolute atomic E-state index is 0.843. The summed E-state index contributed by atoms with van der Waals surface area (Å²) in [6.45, 7) is 0. The van der Waals surface area contributed by atoms with Gasteiger partial charge in [-0.1, -0.05) is 66.7 Å². The van der Waals surface area contributed by atoms with Crippen LogP contribution in [0.3, 0.4) is 0 Å². The lowest BCUT2D eigenvalue weighted by Gasteiger charge is -2.02. The molecule has 0 aliphatic carbocycles. The summed E-state index contributed by atoms with van der Waals surface area (Å²) in [6.07, 6.45) is 1.82. The number of rotatable bonds is 4. The summed E-state index contributed by atoms with van der Waals surface area (Å²) in [5, 5.41) is 0. The van der Waals surface area contributed by atoms with Gasteiger partial charge in [-0.3, -0.25) is 4.99 Å². The molecule has 2 nitrogen and oxygen atoms in total. The molecule has 0 radical (unpaired) electrons. The predicted octanol–water partition coefficient (Wildman–Crippen LogP) is 5.21. The highest BCUT2D eigenvalue weighted by atomic mass is 14.8. The van der Waals surface area contributed by atoms with Gasteiger partial charge in [-0.15, -0.1) is 0 Å². The van der Waals surface area contributed by atoms with Crippen LogP contribution < -0.4 is 0 Å². The van der Waals surface area contributed by atoms with Crippen LogP contribution in [0.5, 0.6) is 0 Å². The molecule has 0 spiro atoms. The van der Waals surface area contributed by atoms with Gasteiger partial charge in [0.25, 0.3) is 0 Å². The van der Waals surface area contributed by atoms with Crippen LogP contribution in [0.4, 0.5) is 11.4 Å². The highest BCUT2D eigenvalue weighted by Crippen LogP contribution is 2.14. The molecule has 3 rings (SSSR count). The van der Waals surface area contributed by atoms with E-state index in [-0.39, 0.29) is 0 Å². The smallest absolute Gasteiger partial charge is 0.0892 e. The van der Waals surface area contributed by atoms with E-state index in [9.17, 15) is 0 Å². The molecule has 0 saturated heterocycles. The molecule has 3 aromatic rings. The Morgan fingerprint density at radius 2 is 1.09 bits per heavy atom. The van der Waals surface area contributed by atoms with E-state index in [1.54, 1.807) is 0 Å². The van der Waals surface area contributed by atoms with Crippen molar-refractivity contribution >= 4 is 23.3 Å². The second-order valence-corrected chi connectivity index (χ2v) is 4.79. The van der Waals surface area contributed by atoms with Crippen molar-refractivity contribution < 1.29 is 0 Å². The van der Waals surface area contributed by atoms with Crippen LogP contribution in [0, 0.1) is 0 Å². The van der Waals surface area contributed by atoms with Crippen molar-refractivity contribution in [2.45, 2.75) is 0 Å². The van der Waals surface area contributed by atoms with Crippen LogP contribution in [0.1, 0.15) is 5.56 Å². The van der Waals surface area contributed by atoms with Gasteiger partial charge in [0.05, 0.1) is 23.3 Å². The third kappa shape index (κ3) is 3.76. The molecule has 0 amide bonds. The van der Waals surface area contributed by atoms with Crippen molar-refractivity contribution in [2.75, 3.05) is 0 Å². The fraction of sp³-hybridized carbons (Fsp3) is 0. The van der Waals surface area contributed by atoms with Gasteiger partial charge >= 0.3 is 0 Å². The van der Waals surface area contributed by atoms with Crippen LogP contribution in [-0.2, 0) is 0 Å². The van der Waals surface area contributed by atoms with Crippen molar-refractivity contribution in [3.8, 4) is 0 Å². The molecule has 0 aliphatic rings. The molecule has 0 atom stereocenters. The number of hydrogen-bond acceptors (Lipinski definition) is 2. The molecule has 3 aromatic carbocycles. The maximum atomic E-state index is 4.71. The zero-order chi connectivity index (χ0) is 15.0. The van der Waals surface area contributed by atoms with E-state index in [0.29, 0.717) is 0 Å². The summed E-state index contributed by atoms with van der Waals surface area (Å²) in [4.78, 5) is 9.23. The average molecular weight is 284 g/mol. The molecular weight excluding hydrogens is 268 g/mol. The topological polar surface area (TPSA) is 24.7 Å². The Hall–Kier alpha value is -3.00. The van der Waals surface area contributed by atoms with Crippen molar-refractivity contribution in [3.05, 3.63) is 96.6 Å². The molecule has 0 fully saturated rings. The van der Waals surface area contributed by atoms with E-state index in [1.807, 2.05) is 97.2 Å². The minimum atomic E-state index is 0.843. The summed E-state index contributed by atoms with van der Waals surface area (Å²) in [5.41, 5.74) is 3.72. The molecule has 0 aromatic heterocycles. The van der Waals surface area contributed by atoms with Crippen molar-refractivity contribution in [1.29, 1.82) is 0 Å². The third-order valence-corrected chi connectivity index (χ3v) is 3.17. The number of aliphatic imine (C=N–C) groups is 2. The molecule has 2 heteroatoms. The first-order valence-corrected chi connectivity index (χ1v) is 7.20. The summed E-state index contributed by atoms with van der Waals surface area (Å²) in [5.74, 6) is 0. The molecule has 0 saturated carbocycles. The van der Waals surface area contributed by atoms with Crippen LogP contribution >= 0.6 is 0 Å². The predicted molar refractivity (Wildman–Crippen MR) is 93.7 cm³/mol. The maximum absolute atomic E-state index is 4.71. The van der Waals surface area contributed by atoms with E-state index in [2.05, 4.69) is 4.99 Å². The molecule has 0 bridgehead atoms. The molecule has 22 heavy (non-hydrogen) atoms. The van der Waals surface area contributed by atoms with Crippen LogP contribution in [0.2, 0.25) is 0 Å². The lowest BCUT2D eigenvalue weighted by atomic mass is 10.1. The molecule has 0 unspecified atom stereocenters. The van der Waals surface area contributed by atoms with Crippen LogP contribution in [0.15, 0.2) is 101 Å². The van der Waals surface area contributed by atoms with E-state index in [0.717, 1.165) is 22.6 Å². The molecule has 0 heterocycles. The van der Waals surface area contributed by atoms with Gasteiger partial charge in [-0.25, -0.2) is 4.99 Å². The Morgan fingerprint density at radius 3 is 1.68 bits per heavy atom. The van der Waals surface area contributed by atoms with Crippen molar-refractivity contribution in [1.82, 2.24) is 0 Å². The first-order valence-electron chi connectivity index (χ1n) is 7.20. The first kappa shape index (κ1) is 14.0. The monoisotopic (exact) mass is 284 g/mol. The Bertz CT molecular complexity index is 761. The van der Waals surface area contributed by atoms with Crippen molar-refractivity contribution in [2.24, 2.45) is 9.98 Å². The molecule has 0 N–H and O–H groups in total. The molecular formula is C20H16N2. The second-order valence-electron chi connectivity index (χ2n) is 4.79. The van der Waals surface area contributed by atoms with Gasteiger partial charge in [0.15, 0.2) is 0 Å². The normalized spacial score (nSPS) is 11.7. The Balaban J connectivity index is 1.97. The first-order chi connectivity index (χ1) is 10.9. The Kier molecular flexibility index (Phi) is 4.53. The number of benzene rings is 3. The highest BCUT2D eigenvalue weighted by molar-refractivity contribution is 6.39. The van der Waals surface area contributed by atoms with E-state index >= 15 is 0 Å². The SMILES string of the molecule is C(=Nc1ccccc1)C(=Nc1ccccc1)c1ccccc1. The highest BCUT2D eigenvalue weighted by Gasteiger charge is 2.00. The average Bonchev–Trinajstić information content (AvgIpc) is 2.61. The van der Waals surface area contributed by atoms with Gasteiger partial charge in [0, 0.05) is 5.56 Å². The van der Waals surface area contributed by atoms with Gasteiger partial charge in [-0.2, -0.15) is 0 Å². The van der Waals surface area contributed by atoms with Gasteiger partial charge in [0.1, 0.15) is 0 Å². The van der Waals surface area contributed by atoms with E-state index in [4.69, 9.17) is 4.99 Å². The fourth-order valence-corrected chi connectivity index (χ4v) is 2.07. The summed E-state index contributed by atoms with van der Waals surface area (Å²) in [6, 6.07) is 29.9. The summed E-state index contributed by atoms with van der Waals surface area (Å²) in [7, 11) is 0. The number of para-hydroxylation sites is 2. The van der Waals surface area contributed by atoms with Crippen LogP contribution in [-0.4, -0.2) is 11.9 Å². The molecule has 106 valence electrons. The number of nitrogens with zero attached hydrogens (tertiary/aromatic N) is 2. The zero-order valence-electron chi connectivity index (χ0n) is 12.1. The van der Waals surface area contributed by atoms with Gasteiger partial charge in [-0.05, 0) is 24.3 Å². The second kappa shape index (κ2) is 7.14. The van der Waals surface area contributed by atoms with Crippen LogP contribution in [0.25, 0.3) is 0 Å². The van der Waals surface area contributed by atoms with Crippen molar-refractivity contribution in [3.63, 3.8) is 0 Å².